The molecule has 2 amide bonds. The first-order valence-electron chi connectivity index (χ1n) is 8.74. The zero-order valence-electron chi connectivity index (χ0n) is 15.2. The second-order valence-electron chi connectivity index (χ2n) is 6.39. The van der Waals surface area contributed by atoms with Crippen molar-refractivity contribution in [1.82, 2.24) is 15.2 Å². The lowest BCUT2D eigenvalue weighted by molar-refractivity contribution is -0.126. The predicted molar refractivity (Wildman–Crippen MR) is 106 cm³/mol. The maximum absolute atomic E-state index is 12.7. The quantitative estimate of drug-likeness (QED) is 0.737. The topological polar surface area (TPSA) is 95.6 Å². The van der Waals surface area contributed by atoms with E-state index in [2.05, 4.69) is 10.9 Å². The van der Waals surface area contributed by atoms with E-state index < -0.39 is 27.9 Å². The van der Waals surface area contributed by atoms with Crippen molar-refractivity contribution in [3.8, 4) is 0 Å². The molecule has 2 N–H and O–H groups in total. The molecule has 0 saturated carbocycles. The van der Waals surface area contributed by atoms with E-state index in [0.717, 1.165) is 11.1 Å². The Morgan fingerprint density at radius 1 is 1.11 bits per heavy atom. The van der Waals surface area contributed by atoms with Crippen LogP contribution in [0.25, 0.3) is 0 Å². The molecule has 0 radical (unpaired) electrons. The van der Waals surface area contributed by atoms with E-state index in [1.54, 1.807) is 18.2 Å². The number of hydrogen-bond acceptors (Lipinski definition) is 4. The van der Waals surface area contributed by atoms with E-state index in [4.69, 9.17) is 11.6 Å². The fourth-order valence-electron chi connectivity index (χ4n) is 3.08. The number of halogens is 1. The van der Waals surface area contributed by atoms with E-state index in [9.17, 15) is 18.0 Å². The van der Waals surface area contributed by atoms with Crippen LogP contribution in [-0.2, 0) is 27.8 Å². The largest absolute Gasteiger partial charge is 0.271 e. The van der Waals surface area contributed by atoms with Crippen molar-refractivity contribution in [1.29, 1.82) is 0 Å². The average Bonchev–Trinajstić information content (AvgIpc) is 2.70. The lowest BCUT2D eigenvalue weighted by Gasteiger charge is -2.34. The average molecular weight is 422 g/mol. The number of amides is 2. The summed E-state index contributed by atoms with van der Waals surface area (Å²) in [6.45, 7) is 1.65. The highest BCUT2D eigenvalue weighted by Crippen LogP contribution is 2.26. The van der Waals surface area contributed by atoms with Gasteiger partial charge >= 0.3 is 0 Å². The van der Waals surface area contributed by atoms with E-state index >= 15 is 0 Å². The number of nitrogens with one attached hydrogen (secondary N) is 2. The van der Waals surface area contributed by atoms with Gasteiger partial charge in [-0.3, -0.25) is 20.4 Å². The Balaban J connectivity index is 1.77. The van der Waals surface area contributed by atoms with Gasteiger partial charge < -0.3 is 0 Å². The minimum Gasteiger partial charge on any atom is -0.271 e. The third-order valence-electron chi connectivity index (χ3n) is 4.62. The number of sulfonamides is 1. The first kappa shape index (κ1) is 20.3. The van der Waals surface area contributed by atoms with E-state index in [1.165, 1.54) is 17.3 Å². The molecule has 1 atom stereocenters. The van der Waals surface area contributed by atoms with Gasteiger partial charge in [0.2, 0.25) is 10.0 Å². The second kappa shape index (κ2) is 8.30. The first-order chi connectivity index (χ1) is 13.3. The van der Waals surface area contributed by atoms with Gasteiger partial charge in [0, 0.05) is 17.1 Å². The number of benzene rings is 2. The van der Waals surface area contributed by atoms with Crippen molar-refractivity contribution in [2.45, 2.75) is 25.9 Å². The van der Waals surface area contributed by atoms with Gasteiger partial charge in [0.1, 0.15) is 6.04 Å². The molecule has 1 unspecified atom stereocenters. The lowest BCUT2D eigenvalue weighted by atomic mass is 9.95. The molecule has 0 aromatic heterocycles. The zero-order chi connectivity index (χ0) is 20.3. The summed E-state index contributed by atoms with van der Waals surface area (Å²) in [5, 5.41) is 0.392. The summed E-state index contributed by atoms with van der Waals surface area (Å²) in [6.07, 6.45) is 0.230. The summed E-state index contributed by atoms with van der Waals surface area (Å²) in [7, 11) is -3.61. The minimum atomic E-state index is -3.61. The normalized spacial score (nSPS) is 16.9. The van der Waals surface area contributed by atoms with Gasteiger partial charge in [-0.1, -0.05) is 41.9 Å². The standard InChI is InChI=1S/C19H20ClN3O4S/c1-2-28(26,27)23-12-15-7-4-3-6-13(15)11-17(23)19(25)22-21-18(24)14-8-5-9-16(20)10-14/h3-10,17H,2,11-12H2,1H3,(H,21,24)(H,22,25). The van der Waals surface area contributed by atoms with Crippen LogP contribution in [0.4, 0.5) is 0 Å². The molecule has 0 aliphatic carbocycles. The van der Waals surface area contributed by atoms with Crippen LogP contribution in [0.15, 0.2) is 48.5 Å². The Hall–Kier alpha value is -2.42. The fraction of sp³-hybridized carbons (Fsp3) is 0.263. The Morgan fingerprint density at radius 3 is 2.50 bits per heavy atom. The number of carbonyl (C=O) groups excluding carboxylic acids is 2. The third kappa shape index (κ3) is 4.35. The molecule has 0 bridgehead atoms. The molecule has 2 aromatic rings. The van der Waals surface area contributed by atoms with Gasteiger partial charge in [0.05, 0.1) is 5.75 Å². The molecule has 9 heteroatoms. The molecule has 1 heterocycles. The highest BCUT2D eigenvalue weighted by molar-refractivity contribution is 7.89. The number of hydrogen-bond donors (Lipinski definition) is 2. The summed E-state index contributed by atoms with van der Waals surface area (Å²) in [6, 6.07) is 12.7. The number of rotatable bonds is 4. The molecule has 0 saturated heterocycles. The van der Waals surface area contributed by atoms with Crippen LogP contribution < -0.4 is 10.9 Å². The van der Waals surface area contributed by atoms with Gasteiger partial charge in [-0.2, -0.15) is 4.31 Å². The lowest BCUT2D eigenvalue weighted by Crippen LogP contribution is -2.56. The Bertz CT molecular complexity index is 1010. The summed E-state index contributed by atoms with van der Waals surface area (Å²) < 4.78 is 26.2. The Labute approximate surface area is 168 Å². The molecule has 0 fully saturated rings. The van der Waals surface area contributed by atoms with Crippen molar-refractivity contribution in [2.75, 3.05) is 5.75 Å². The van der Waals surface area contributed by atoms with Crippen molar-refractivity contribution < 1.29 is 18.0 Å². The van der Waals surface area contributed by atoms with E-state index in [0.29, 0.717) is 5.02 Å². The minimum absolute atomic E-state index is 0.117. The van der Waals surface area contributed by atoms with Crippen LogP contribution in [0, 0.1) is 0 Å². The number of carbonyl (C=O) groups is 2. The summed E-state index contributed by atoms with van der Waals surface area (Å²) in [4.78, 5) is 24.9. The van der Waals surface area contributed by atoms with Gasteiger partial charge in [0.15, 0.2) is 0 Å². The fourth-order valence-corrected chi connectivity index (χ4v) is 4.50. The second-order valence-corrected chi connectivity index (χ2v) is 9.03. The van der Waals surface area contributed by atoms with Crippen molar-refractivity contribution in [3.05, 3.63) is 70.2 Å². The van der Waals surface area contributed by atoms with Crippen molar-refractivity contribution >= 4 is 33.4 Å². The molecule has 2 aromatic carbocycles. The molecular weight excluding hydrogens is 402 g/mol. The molecule has 3 rings (SSSR count). The highest BCUT2D eigenvalue weighted by atomic mass is 35.5. The SMILES string of the molecule is CCS(=O)(=O)N1Cc2ccccc2CC1C(=O)NNC(=O)c1cccc(Cl)c1. The maximum Gasteiger partial charge on any atom is 0.269 e. The number of fused-ring (bicyclic) bond motifs is 1. The van der Waals surface area contributed by atoms with E-state index in [1.807, 2.05) is 24.3 Å². The van der Waals surface area contributed by atoms with Gasteiger partial charge in [-0.15, -0.1) is 0 Å². The molecule has 1 aliphatic heterocycles. The van der Waals surface area contributed by atoms with Gasteiger partial charge in [-0.05, 0) is 42.7 Å². The Kier molecular flexibility index (Phi) is 6.02. The van der Waals surface area contributed by atoms with Crippen molar-refractivity contribution in [3.63, 3.8) is 0 Å². The van der Waals surface area contributed by atoms with Crippen molar-refractivity contribution in [2.24, 2.45) is 0 Å². The molecule has 0 spiro atoms. The van der Waals surface area contributed by atoms with Crippen LogP contribution in [0.1, 0.15) is 28.4 Å². The maximum atomic E-state index is 12.7. The van der Waals surface area contributed by atoms with Crippen LogP contribution in [-0.4, -0.2) is 36.3 Å². The molecule has 1 aliphatic rings. The molecule has 28 heavy (non-hydrogen) atoms. The van der Waals surface area contributed by atoms with Crippen LogP contribution >= 0.6 is 11.6 Å². The number of hydrazine groups is 1. The molecule has 148 valence electrons. The Morgan fingerprint density at radius 2 is 1.82 bits per heavy atom. The van der Waals surface area contributed by atoms with Crippen LogP contribution in [0.5, 0.6) is 0 Å². The number of nitrogens with zero attached hydrogens (tertiary/aromatic N) is 1. The molecular formula is C19H20ClN3O4S. The van der Waals surface area contributed by atoms with Crippen LogP contribution in [0.3, 0.4) is 0 Å². The highest BCUT2D eigenvalue weighted by Gasteiger charge is 2.38. The molecule has 7 nitrogen and oxygen atoms in total. The van der Waals surface area contributed by atoms with Crippen LogP contribution in [0.2, 0.25) is 5.02 Å². The van der Waals surface area contributed by atoms with Gasteiger partial charge in [0.25, 0.3) is 11.8 Å². The smallest absolute Gasteiger partial charge is 0.269 e. The monoisotopic (exact) mass is 421 g/mol. The van der Waals surface area contributed by atoms with Gasteiger partial charge in [-0.25, -0.2) is 8.42 Å². The summed E-state index contributed by atoms with van der Waals surface area (Å²) in [5.41, 5.74) is 6.71. The predicted octanol–water partition coefficient (Wildman–Crippen LogP) is 1.88. The zero-order valence-corrected chi connectivity index (χ0v) is 16.8. The van der Waals surface area contributed by atoms with E-state index in [-0.39, 0.29) is 24.3 Å². The third-order valence-corrected chi connectivity index (χ3v) is 6.68. The summed E-state index contributed by atoms with van der Waals surface area (Å²) >= 11 is 5.87. The first-order valence-corrected chi connectivity index (χ1v) is 10.7. The summed E-state index contributed by atoms with van der Waals surface area (Å²) in [5.74, 6) is -1.26.